The molecule has 44 heavy (non-hydrogen) atoms. The van der Waals surface area contributed by atoms with Gasteiger partial charge in [-0.1, -0.05) is 12.1 Å². The highest BCUT2D eigenvalue weighted by molar-refractivity contribution is 7.92. The predicted octanol–water partition coefficient (Wildman–Crippen LogP) is 3.98. The number of ether oxygens (including phenoxy) is 2. The third-order valence-corrected chi connectivity index (χ3v) is 8.39. The Balaban J connectivity index is 1.79. The molecule has 1 heterocycles. The van der Waals surface area contributed by atoms with Crippen LogP contribution < -0.4 is 25.8 Å². The first-order chi connectivity index (χ1) is 20.8. The smallest absolute Gasteiger partial charge is 0.321 e. The molecule has 0 radical (unpaired) electrons. The summed E-state index contributed by atoms with van der Waals surface area (Å²) in [6.45, 7) is 0.348. The Hall–Kier alpha value is -4.91. The van der Waals surface area contributed by atoms with Crippen molar-refractivity contribution < 1.29 is 32.3 Å². The average Bonchev–Trinajstić information content (AvgIpc) is 3.48. The van der Waals surface area contributed by atoms with Crippen LogP contribution in [-0.4, -0.2) is 70.9 Å². The molecule has 1 saturated heterocycles. The maximum atomic E-state index is 14.5. The van der Waals surface area contributed by atoms with E-state index < -0.39 is 33.9 Å². The van der Waals surface area contributed by atoms with Crippen LogP contribution >= 0.6 is 0 Å². The number of sulfone groups is 1. The molecule has 0 aromatic heterocycles. The van der Waals surface area contributed by atoms with Crippen LogP contribution in [0.2, 0.25) is 0 Å². The number of hydrogen-bond donors (Lipinski definition) is 3. The lowest BCUT2D eigenvalue weighted by Gasteiger charge is -2.31. The van der Waals surface area contributed by atoms with Gasteiger partial charge in [0.2, 0.25) is 11.8 Å². The molecule has 2 atom stereocenters. The highest BCUT2D eigenvalue weighted by Gasteiger charge is 2.38. The normalized spacial score (nSPS) is 15.3. The Morgan fingerprint density at radius 1 is 1.00 bits per heavy atom. The summed E-state index contributed by atoms with van der Waals surface area (Å²) in [5, 5.41) is 5.97. The lowest BCUT2D eigenvalue weighted by atomic mass is 10.0. The lowest BCUT2D eigenvalue weighted by molar-refractivity contribution is -0.133. The van der Waals surface area contributed by atoms with E-state index in [9.17, 15) is 22.8 Å². The number of carbonyl (C=O) groups is 3. The minimum Gasteiger partial charge on any atom is -0.493 e. The van der Waals surface area contributed by atoms with Crippen molar-refractivity contribution in [2.75, 3.05) is 45.5 Å². The fourth-order valence-electron chi connectivity index (χ4n) is 5.17. The van der Waals surface area contributed by atoms with Gasteiger partial charge >= 0.3 is 15.9 Å². The largest absolute Gasteiger partial charge is 0.493 e. The van der Waals surface area contributed by atoms with Gasteiger partial charge in [0, 0.05) is 37.6 Å². The first kappa shape index (κ1) is 32.0. The van der Waals surface area contributed by atoms with Crippen LogP contribution in [0.1, 0.15) is 46.4 Å². The van der Waals surface area contributed by atoms with Gasteiger partial charge in [-0.2, -0.15) is 8.42 Å². The molecule has 1 fully saturated rings. The topological polar surface area (TPSA) is 160 Å². The number of amides is 4. The predicted molar refractivity (Wildman–Crippen MR) is 166 cm³/mol. The highest BCUT2D eigenvalue weighted by Crippen LogP contribution is 2.40. The maximum absolute atomic E-state index is 14.5. The third kappa shape index (κ3) is 7.00. The van der Waals surface area contributed by atoms with Crippen molar-refractivity contribution in [3.63, 3.8) is 0 Å². The van der Waals surface area contributed by atoms with Crippen LogP contribution in [-0.2, 0) is 14.6 Å². The van der Waals surface area contributed by atoms with E-state index in [0.717, 1.165) is 0 Å². The SMILES string of the molecule is [CH2+]S(=O)(=O)c1ccc(NC(=O)N(C)C)cc1[C@H]1CCCN1C(=O)[C@@H](Nc1cccc(C(N)=O)c1)c1ccc(OC)c(OC)c1. The molecule has 0 unspecified atom stereocenters. The second-order valence-corrected chi connectivity index (χ2v) is 12.2. The first-order valence-electron chi connectivity index (χ1n) is 13.7. The van der Waals surface area contributed by atoms with Gasteiger partial charge in [-0.15, -0.1) is 0 Å². The van der Waals surface area contributed by atoms with Crippen molar-refractivity contribution in [1.29, 1.82) is 0 Å². The summed E-state index contributed by atoms with van der Waals surface area (Å²) < 4.78 is 36.4. The molecule has 12 nitrogen and oxygen atoms in total. The summed E-state index contributed by atoms with van der Waals surface area (Å²) in [5.74, 6) is -0.0907. The molecule has 4 rings (SSSR count). The number of urea groups is 1. The summed E-state index contributed by atoms with van der Waals surface area (Å²) in [6, 6.07) is 14.0. The molecule has 3 aromatic rings. The Morgan fingerprint density at radius 2 is 1.73 bits per heavy atom. The molecule has 0 bridgehead atoms. The average molecular weight is 623 g/mol. The number of nitrogens with one attached hydrogen (secondary N) is 2. The zero-order valence-corrected chi connectivity index (χ0v) is 25.8. The van der Waals surface area contributed by atoms with Crippen molar-refractivity contribution in [1.82, 2.24) is 9.80 Å². The van der Waals surface area contributed by atoms with Gasteiger partial charge in [-0.3, -0.25) is 9.59 Å². The van der Waals surface area contributed by atoms with E-state index in [2.05, 4.69) is 16.9 Å². The standard InChI is InChI=1S/C31H35N5O7S/c1-35(2)31(39)34-22-12-14-27(44(5,40)41)23(18-22)24-10-7-15-36(24)30(38)28(19-11-13-25(42-3)26(17-19)43-4)33-21-9-6-8-20(16-21)29(32)37/h6,8-9,11-14,16-18,24,28,33H,5,7,10,15H2,1-4H3,(H2-,32,34,37,39)/p+1/t24-,28+/m1/s1. The van der Waals surface area contributed by atoms with Crippen LogP contribution in [0.4, 0.5) is 16.2 Å². The van der Waals surface area contributed by atoms with Crippen molar-refractivity contribution in [3.05, 3.63) is 83.6 Å². The number of nitrogens with zero attached hydrogens (tertiary/aromatic N) is 2. The van der Waals surface area contributed by atoms with Crippen LogP contribution in [0.25, 0.3) is 0 Å². The zero-order valence-electron chi connectivity index (χ0n) is 25.0. The fourth-order valence-corrected chi connectivity index (χ4v) is 6.00. The molecule has 13 heteroatoms. The molecule has 1 aliphatic heterocycles. The maximum Gasteiger partial charge on any atom is 0.321 e. The number of rotatable bonds is 10. The number of anilines is 2. The van der Waals surface area contributed by atoms with Gasteiger partial charge in [0.15, 0.2) is 17.8 Å². The van der Waals surface area contributed by atoms with Crippen LogP contribution in [0.3, 0.4) is 0 Å². The summed E-state index contributed by atoms with van der Waals surface area (Å²) in [6.07, 6.45) is 4.44. The Labute approximate surface area is 257 Å². The summed E-state index contributed by atoms with van der Waals surface area (Å²) in [7, 11) is 2.23. The van der Waals surface area contributed by atoms with E-state index in [1.807, 2.05) is 0 Å². The number of carbonyl (C=O) groups excluding carboxylic acids is 3. The number of primary amides is 1. The molecule has 3 aromatic carbocycles. The number of methoxy groups -OCH3 is 2. The molecule has 232 valence electrons. The third-order valence-electron chi connectivity index (χ3n) is 7.34. The van der Waals surface area contributed by atoms with E-state index in [0.29, 0.717) is 53.4 Å². The molecule has 0 spiro atoms. The van der Waals surface area contributed by atoms with Crippen LogP contribution in [0, 0.1) is 6.26 Å². The van der Waals surface area contributed by atoms with Gasteiger partial charge in [-0.25, -0.2) is 4.79 Å². The molecular formula is C31H36N5O7S+. The zero-order chi connectivity index (χ0) is 32.2. The lowest BCUT2D eigenvalue weighted by Crippen LogP contribution is -2.38. The monoisotopic (exact) mass is 622 g/mol. The van der Waals surface area contributed by atoms with Crippen molar-refractivity contribution in [3.8, 4) is 11.5 Å². The number of benzene rings is 3. The summed E-state index contributed by atoms with van der Waals surface area (Å²) >= 11 is 0. The van der Waals surface area contributed by atoms with Gasteiger partial charge in [0.05, 0.1) is 20.3 Å². The molecule has 1 aliphatic rings. The highest BCUT2D eigenvalue weighted by atomic mass is 32.2. The van der Waals surface area contributed by atoms with Crippen LogP contribution in [0.5, 0.6) is 11.5 Å². The molecule has 0 saturated carbocycles. The Bertz CT molecular complexity index is 1680. The Kier molecular flexibility index (Phi) is 9.58. The van der Waals surface area contributed by atoms with Crippen molar-refractivity contribution in [2.45, 2.75) is 29.8 Å². The fraction of sp³-hybridized carbons (Fsp3) is 0.290. The quantitative estimate of drug-likeness (QED) is 0.286. The van der Waals surface area contributed by atoms with E-state index in [1.165, 1.54) is 31.3 Å². The van der Waals surface area contributed by atoms with Gasteiger partial charge < -0.3 is 35.6 Å². The van der Waals surface area contributed by atoms with Crippen molar-refractivity contribution in [2.24, 2.45) is 5.73 Å². The van der Waals surface area contributed by atoms with E-state index in [1.54, 1.807) is 67.5 Å². The van der Waals surface area contributed by atoms with E-state index in [-0.39, 0.29) is 16.4 Å². The minimum atomic E-state index is -3.93. The first-order valence-corrected chi connectivity index (χ1v) is 15.4. The van der Waals surface area contributed by atoms with Gasteiger partial charge in [-0.05, 0) is 72.5 Å². The van der Waals surface area contributed by atoms with E-state index in [4.69, 9.17) is 15.2 Å². The second kappa shape index (κ2) is 13.2. The number of nitrogens with two attached hydrogens (primary N) is 1. The molecular weight excluding hydrogens is 586 g/mol. The summed E-state index contributed by atoms with van der Waals surface area (Å²) in [5.41, 5.74) is 7.49. The molecule has 4 amide bonds. The minimum absolute atomic E-state index is 0.0326. The second-order valence-electron chi connectivity index (χ2n) is 10.5. The summed E-state index contributed by atoms with van der Waals surface area (Å²) in [4.78, 5) is 41.6. The van der Waals surface area contributed by atoms with Crippen LogP contribution in [0.15, 0.2) is 65.6 Å². The molecule has 0 aliphatic carbocycles. The van der Waals surface area contributed by atoms with E-state index >= 15 is 0 Å². The van der Waals surface area contributed by atoms with Crippen molar-refractivity contribution >= 4 is 39.1 Å². The molecule has 4 N–H and O–H groups in total. The van der Waals surface area contributed by atoms with Gasteiger partial charge in [0.1, 0.15) is 10.9 Å². The van der Waals surface area contributed by atoms with Gasteiger partial charge in [0.25, 0.3) is 0 Å². The number of likely N-dealkylation sites (tertiary alicyclic amines) is 1. The Morgan fingerprint density at radius 3 is 2.36 bits per heavy atom. The number of hydrogen-bond acceptors (Lipinski definition) is 8.